The highest BCUT2D eigenvalue weighted by Crippen LogP contribution is 2.35. The van der Waals surface area contributed by atoms with Crippen LogP contribution in [-0.2, 0) is 27.9 Å². The minimum atomic E-state index is -2.73. The minimum absolute atomic E-state index is 0.0277. The summed E-state index contributed by atoms with van der Waals surface area (Å²) >= 11 is 0. The van der Waals surface area contributed by atoms with Gasteiger partial charge in [-0.15, -0.1) is 0 Å². The molecule has 0 aliphatic carbocycles. The largest absolute Gasteiger partial charge is 0.466 e. The highest BCUT2D eigenvalue weighted by atomic mass is 28.4. The van der Waals surface area contributed by atoms with Crippen molar-refractivity contribution in [2.24, 2.45) is 0 Å². The van der Waals surface area contributed by atoms with Gasteiger partial charge in [0, 0.05) is 0 Å². The van der Waals surface area contributed by atoms with Crippen molar-refractivity contribution in [3.63, 3.8) is 0 Å². The van der Waals surface area contributed by atoms with E-state index in [1.54, 1.807) is 0 Å². The Bertz CT molecular complexity index is 413. The molecule has 132 valence electrons. The van der Waals surface area contributed by atoms with Crippen molar-refractivity contribution < 1.29 is 27.9 Å². The molecule has 0 spiro atoms. The number of rotatable bonds is 10. The topological polar surface area (TPSA) is 71.1 Å². The molecule has 0 rings (SSSR count). The third kappa shape index (κ3) is 5.93. The van der Waals surface area contributed by atoms with E-state index in [1.807, 2.05) is 27.7 Å². The zero-order valence-corrected chi connectivity index (χ0v) is 15.9. The molecule has 0 saturated heterocycles. The van der Waals surface area contributed by atoms with Crippen molar-refractivity contribution in [3.8, 4) is 0 Å². The Morgan fingerprint density at radius 1 is 0.826 bits per heavy atom. The van der Waals surface area contributed by atoms with Gasteiger partial charge in [0.15, 0.2) is 0 Å². The quantitative estimate of drug-likeness (QED) is 0.345. The molecule has 0 aromatic heterocycles. The molecule has 0 aromatic rings. The van der Waals surface area contributed by atoms with Gasteiger partial charge in [-0.2, -0.15) is 0 Å². The molecular weight excluding hydrogens is 316 g/mol. The first-order chi connectivity index (χ1) is 10.6. The van der Waals surface area contributed by atoms with Crippen LogP contribution in [0.2, 0.25) is 11.1 Å². The maximum atomic E-state index is 11.5. The van der Waals surface area contributed by atoms with Crippen molar-refractivity contribution in [2.45, 2.75) is 38.8 Å². The van der Waals surface area contributed by atoms with Crippen molar-refractivity contribution in [1.29, 1.82) is 0 Å². The monoisotopic (exact) mass is 344 g/mol. The number of hydrogen-bond donors (Lipinski definition) is 0. The fraction of sp³-hybridized carbons (Fsp3) is 0.625. The second kappa shape index (κ2) is 9.64. The van der Waals surface area contributed by atoms with E-state index in [1.165, 1.54) is 14.2 Å². The number of hydrogen-bond acceptors (Lipinski definition) is 6. The van der Waals surface area contributed by atoms with Gasteiger partial charge in [0.25, 0.3) is 0 Å². The molecule has 0 fully saturated rings. The van der Waals surface area contributed by atoms with Crippen LogP contribution in [0.25, 0.3) is 0 Å². The molecule has 0 radical (unpaired) electrons. The molecule has 6 nitrogen and oxygen atoms in total. The molecule has 0 aromatic carbocycles. The summed E-state index contributed by atoms with van der Waals surface area (Å²) in [5, 5.41) is 0. The Hall–Kier alpha value is -1.44. The SMILES string of the molecule is C=C(CO[Si](OCC(=C)C(=O)OC)(C(C)C)C(C)C)C(=O)OC. The predicted molar refractivity (Wildman–Crippen MR) is 90.2 cm³/mol. The van der Waals surface area contributed by atoms with Crippen molar-refractivity contribution in [1.82, 2.24) is 0 Å². The fourth-order valence-electron chi connectivity index (χ4n) is 2.18. The Kier molecular flexibility index (Phi) is 9.04. The van der Waals surface area contributed by atoms with Gasteiger partial charge in [0.05, 0.1) is 38.6 Å². The first kappa shape index (κ1) is 21.6. The third-order valence-corrected chi connectivity index (χ3v) is 7.91. The Morgan fingerprint density at radius 2 is 1.13 bits per heavy atom. The van der Waals surface area contributed by atoms with Crippen molar-refractivity contribution in [3.05, 3.63) is 24.3 Å². The Labute approximate surface area is 139 Å². The number of carbonyl (C=O) groups is 2. The number of esters is 2. The van der Waals surface area contributed by atoms with Crippen LogP contribution >= 0.6 is 0 Å². The Balaban J connectivity index is 5.11. The molecule has 0 aliphatic rings. The maximum absolute atomic E-state index is 11.5. The van der Waals surface area contributed by atoms with Gasteiger partial charge in [0.2, 0.25) is 0 Å². The third-order valence-electron chi connectivity index (χ3n) is 3.50. The van der Waals surface area contributed by atoms with Gasteiger partial charge >= 0.3 is 20.5 Å². The van der Waals surface area contributed by atoms with Crippen molar-refractivity contribution >= 4 is 20.5 Å². The molecular formula is C16H28O6Si. The smallest absolute Gasteiger partial charge is 0.344 e. The average molecular weight is 344 g/mol. The van der Waals surface area contributed by atoms with E-state index >= 15 is 0 Å². The summed E-state index contributed by atoms with van der Waals surface area (Å²) in [6.07, 6.45) is 0. The van der Waals surface area contributed by atoms with Gasteiger partial charge in [-0.05, 0) is 11.1 Å². The van der Waals surface area contributed by atoms with Crippen LogP contribution in [0, 0.1) is 0 Å². The summed E-state index contributed by atoms with van der Waals surface area (Å²) in [7, 11) is -0.147. The standard InChI is InChI=1S/C16H28O6Si/c1-11(2)23(12(3)4,21-9-13(5)15(17)19-7)22-10-14(6)16(18)20-8/h11-12H,5-6,9-10H2,1-4,7-8H3. The zero-order valence-electron chi connectivity index (χ0n) is 14.9. The zero-order chi connectivity index (χ0) is 18.2. The lowest BCUT2D eigenvalue weighted by Gasteiger charge is -2.37. The molecule has 0 bridgehead atoms. The van der Waals surface area contributed by atoms with Gasteiger partial charge in [-0.3, -0.25) is 0 Å². The fourth-order valence-corrected chi connectivity index (χ4v) is 5.73. The van der Waals surface area contributed by atoms with Crippen LogP contribution in [0.5, 0.6) is 0 Å². The molecule has 23 heavy (non-hydrogen) atoms. The summed E-state index contributed by atoms with van der Waals surface area (Å²) in [6.45, 7) is 15.4. The molecule has 0 atom stereocenters. The average Bonchev–Trinajstić information content (AvgIpc) is 2.51. The first-order valence-corrected chi connectivity index (χ1v) is 9.39. The predicted octanol–water partition coefficient (Wildman–Crippen LogP) is 2.74. The van der Waals surface area contributed by atoms with E-state index < -0.39 is 20.5 Å². The lowest BCUT2D eigenvalue weighted by molar-refractivity contribution is -0.137. The van der Waals surface area contributed by atoms with Crippen LogP contribution < -0.4 is 0 Å². The van der Waals surface area contributed by atoms with Gasteiger partial charge < -0.3 is 18.3 Å². The van der Waals surface area contributed by atoms with E-state index in [4.69, 9.17) is 8.85 Å². The minimum Gasteiger partial charge on any atom is -0.466 e. The highest BCUT2D eigenvalue weighted by Gasteiger charge is 2.45. The Morgan fingerprint density at radius 3 is 1.35 bits per heavy atom. The van der Waals surface area contributed by atoms with Crippen LogP contribution in [0.15, 0.2) is 24.3 Å². The summed E-state index contributed by atoms with van der Waals surface area (Å²) < 4.78 is 21.3. The summed E-state index contributed by atoms with van der Waals surface area (Å²) in [4.78, 5) is 22.9. The van der Waals surface area contributed by atoms with E-state index in [0.717, 1.165) is 0 Å². The van der Waals surface area contributed by atoms with Gasteiger partial charge in [0.1, 0.15) is 0 Å². The lowest BCUT2D eigenvalue weighted by Crippen LogP contribution is -2.49. The number of ether oxygens (including phenoxy) is 2. The van der Waals surface area contributed by atoms with E-state index in [2.05, 4.69) is 22.6 Å². The number of methoxy groups -OCH3 is 2. The summed E-state index contributed by atoms with van der Waals surface area (Å²) in [5.74, 6) is -1.03. The molecule has 0 unspecified atom stereocenters. The molecule has 0 heterocycles. The van der Waals surface area contributed by atoms with Gasteiger partial charge in [-0.1, -0.05) is 40.9 Å². The second-order valence-electron chi connectivity index (χ2n) is 5.80. The highest BCUT2D eigenvalue weighted by molar-refractivity contribution is 6.70. The van der Waals surface area contributed by atoms with E-state index in [0.29, 0.717) is 0 Å². The molecule has 7 heteroatoms. The van der Waals surface area contributed by atoms with Crippen molar-refractivity contribution in [2.75, 3.05) is 27.4 Å². The first-order valence-electron chi connectivity index (χ1n) is 7.42. The number of carbonyl (C=O) groups excluding carboxylic acids is 2. The van der Waals surface area contributed by atoms with Crippen LogP contribution in [0.3, 0.4) is 0 Å². The van der Waals surface area contributed by atoms with E-state index in [-0.39, 0.29) is 35.4 Å². The van der Waals surface area contributed by atoms with E-state index in [9.17, 15) is 9.59 Å². The molecule has 0 aliphatic heterocycles. The second-order valence-corrected chi connectivity index (χ2v) is 10.1. The molecule has 0 N–H and O–H groups in total. The molecule has 0 amide bonds. The normalized spacial score (nSPS) is 11.5. The van der Waals surface area contributed by atoms with Crippen LogP contribution in [-0.4, -0.2) is 47.9 Å². The van der Waals surface area contributed by atoms with Crippen LogP contribution in [0.4, 0.5) is 0 Å². The van der Waals surface area contributed by atoms with Gasteiger partial charge in [-0.25, -0.2) is 9.59 Å². The maximum Gasteiger partial charge on any atom is 0.344 e. The van der Waals surface area contributed by atoms with Crippen LogP contribution in [0.1, 0.15) is 27.7 Å². The summed E-state index contributed by atoms with van der Waals surface area (Å²) in [5.41, 5.74) is 0.638. The molecule has 0 saturated carbocycles. The lowest BCUT2D eigenvalue weighted by atomic mass is 10.3. The summed E-state index contributed by atoms with van der Waals surface area (Å²) in [6, 6.07) is 0.